The van der Waals surface area contributed by atoms with Crippen molar-refractivity contribution in [3.63, 3.8) is 0 Å². The number of esters is 1. The zero-order valence-electron chi connectivity index (χ0n) is 6.54. The van der Waals surface area contributed by atoms with Gasteiger partial charge in [-0.1, -0.05) is 41.4 Å². The van der Waals surface area contributed by atoms with Crippen molar-refractivity contribution in [3.8, 4) is 5.75 Å². The number of carbonyl (C=O) groups is 1. The summed E-state index contributed by atoms with van der Waals surface area (Å²) in [6.07, 6.45) is 0.996. The van der Waals surface area contributed by atoms with Crippen molar-refractivity contribution in [2.75, 3.05) is 0 Å². The second-order valence-electron chi connectivity index (χ2n) is 2.17. The average Bonchev–Trinajstić information content (AvgIpc) is 2.04. The third kappa shape index (κ3) is 3.97. The van der Waals surface area contributed by atoms with E-state index in [1.54, 1.807) is 24.3 Å². The molecule has 1 rings (SSSR count). The molecule has 68 valence electrons. The zero-order chi connectivity index (χ0) is 9.68. The van der Waals surface area contributed by atoms with Gasteiger partial charge in [0, 0.05) is 0 Å². The number of carbonyl (C=O) groups excluding carboxylic acids is 1. The van der Waals surface area contributed by atoms with Crippen LogP contribution in [0.4, 0.5) is 0 Å². The Balaban J connectivity index is 2.61. The summed E-state index contributed by atoms with van der Waals surface area (Å²) in [4.78, 5) is 11.0. The first kappa shape index (κ1) is 10.1. The topological polar surface area (TPSA) is 26.3 Å². The van der Waals surface area contributed by atoms with Crippen molar-refractivity contribution in [2.24, 2.45) is 0 Å². The monoisotopic (exact) mass is 216 g/mol. The van der Waals surface area contributed by atoms with Gasteiger partial charge in [0.25, 0.3) is 0 Å². The van der Waals surface area contributed by atoms with Gasteiger partial charge in [0.15, 0.2) is 0 Å². The number of halogens is 2. The molecule has 0 unspecified atom stereocenters. The Labute approximate surface area is 85.7 Å². The molecule has 0 aromatic heterocycles. The van der Waals surface area contributed by atoms with Crippen LogP contribution in [0.1, 0.15) is 0 Å². The molecule has 0 bridgehead atoms. The number of benzene rings is 1. The lowest BCUT2D eigenvalue weighted by Gasteiger charge is -1.98. The summed E-state index contributed by atoms with van der Waals surface area (Å²) in [6.45, 7) is 0. The highest BCUT2D eigenvalue weighted by atomic mass is 35.5. The fourth-order valence-corrected chi connectivity index (χ4v) is 0.901. The molecular weight excluding hydrogens is 211 g/mol. The normalized spacial score (nSPS) is 9.08. The predicted molar refractivity (Wildman–Crippen MR) is 51.9 cm³/mol. The van der Waals surface area contributed by atoms with Crippen LogP contribution in [0, 0.1) is 0 Å². The third-order valence-electron chi connectivity index (χ3n) is 1.19. The first-order valence-electron chi connectivity index (χ1n) is 3.48. The van der Waals surface area contributed by atoms with Crippen molar-refractivity contribution >= 4 is 29.2 Å². The van der Waals surface area contributed by atoms with Gasteiger partial charge in [0.05, 0.1) is 6.08 Å². The van der Waals surface area contributed by atoms with Crippen molar-refractivity contribution in [3.05, 3.63) is 40.9 Å². The zero-order valence-corrected chi connectivity index (χ0v) is 8.05. The van der Waals surface area contributed by atoms with Crippen LogP contribution in [0.2, 0.25) is 0 Å². The van der Waals surface area contributed by atoms with E-state index in [1.807, 2.05) is 6.07 Å². The van der Waals surface area contributed by atoms with Gasteiger partial charge >= 0.3 is 5.97 Å². The number of hydrogen-bond donors (Lipinski definition) is 0. The van der Waals surface area contributed by atoms with Crippen LogP contribution in [0.25, 0.3) is 0 Å². The largest absolute Gasteiger partial charge is 0.423 e. The van der Waals surface area contributed by atoms with Crippen LogP contribution >= 0.6 is 23.2 Å². The molecule has 0 radical (unpaired) electrons. The van der Waals surface area contributed by atoms with E-state index in [0.717, 1.165) is 6.08 Å². The van der Waals surface area contributed by atoms with Crippen LogP contribution in [-0.4, -0.2) is 5.97 Å². The van der Waals surface area contributed by atoms with E-state index in [-0.39, 0.29) is 4.49 Å². The smallest absolute Gasteiger partial charge is 0.338 e. The second kappa shape index (κ2) is 4.90. The first-order chi connectivity index (χ1) is 6.18. The minimum atomic E-state index is -0.591. The number of rotatable bonds is 2. The number of ether oxygens (including phenoxy) is 1. The Bertz CT molecular complexity index is 316. The van der Waals surface area contributed by atoms with Crippen LogP contribution < -0.4 is 4.74 Å². The molecule has 0 aliphatic rings. The van der Waals surface area contributed by atoms with E-state index >= 15 is 0 Å². The fourth-order valence-electron chi connectivity index (χ4n) is 0.723. The molecule has 0 saturated carbocycles. The summed E-state index contributed by atoms with van der Waals surface area (Å²) in [5.74, 6) is -0.135. The van der Waals surface area contributed by atoms with Crippen LogP contribution in [0.5, 0.6) is 5.75 Å². The highest BCUT2D eigenvalue weighted by Crippen LogP contribution is 2.11. The van der Waals surface area contributed by atoms with E-state index in [0.29, 0.717) is 5.75 Å². The van der Waals surface area contributed by atoms with Gasteiger partial charge in [-0.2, -0.15) is 0 Å². The summed E-state index contributed by atoms with van der Waals surface area (Å²) >= 11 is 10.5. The Morgan fingerprint density at radius 3 is 2.38 bits per heavy atom. The van der Waals surface area contributed by atoms with Gasteiger partial charge in [-0.05, 0) is 12.1 Å². The Morgan fingerprint density at radius 2 is 1.85 bits per heavy atom. The SMILES string of the molecule is O=C(C=C(Cl)Cl)Oc1ccccc1. The van der Waals surface area contributed by atoms with E-state index in [2.05, 4.69) is 0 Å². The molecule has 1 aromatic carbocycles. The lowest BCUT2D eigenvalue weighted by Crippen LogP contribution is -2.03. The van der Waals surface area contributed by atoms with Crippen LogP contribution in [-0.2, 0) is 4.79 Å². The summed E-state index contributed by atoms with van der Waals surface area (Å²) in [7, 11) is 0. The van der Waals surface area contributed by atoms with Crippen LogP contribution in [0.15, 0.2) is 40.9 Å². The molecule has 0 aliphatic carbocycles. The van der Waals surface area contributed by atoms with Gasteiger partial charge in [-0.15, -0.1) is 0 Å². The minimum Gasteiger partial charge on any atom is -0.423 e. The number of hydrogen-bond acceptors (Lipinski definition) is 2. The van der Waals surface area contributed by atoms with Crippen molar-refractivity contribution in [1.82, 2.24) is 0 Å². The molecule has 0 amide bonds. The van der Waals surface area contributed by atoms with Gasteiger partial charge in [-0.3, -0.25) is 0 Å². The van der Waals surface area contributed by atoms with Crippen LogP contribution in [0.3, 0.4) is 0 Å². The van der Waals surface area contributed by atoms with E-state index in [1.165, 1.54) is 0 Å². The highest BCUT2D eigenvalue weighted by Gasteiger charge is 2.00. The molecule has 0 atom stereocenters. The van der Waals surface area contributed by atoms with Gasteiger partial charge in [0.2, 0.25) is 0 Å². The lowest BCUT2D eigenvalue weighted by molar-refractivity contribution is -0.128. The number of para-hydroxylation sites is 1. The summed E-state index contributed by atoms with van der Waals surface area (Å²) in [6, 6.07) is 8.66. The summed E-state index contributed by atoms with van der Waals surface area (Å²) < 4.78 is 4.72. The maximum Gasteiger partial charge on any atom is 0.338 e. The minimum absolute atomic E-state index is 0.124. The molecule has 0 fully saturated rings. The molecule has 0 spiro atoms. The molecular formula is C9H6Cl2O2. The molecule has 0 heterocycles. The summed E-state index contributed by atoms with van der Waals surface area (Å²) in [5.41, 5.74) is 0. The maximum absolute atomic E-state index is 11.0. The molecule has 0 aliphatic heterocycles. The maximum atomic E-state index is 11.0. The average molecular weight is 217 g/mol. The van der Waals surface area contributed by atoms with E-state index < -0.39 is 5.97 Å². The fraction of sp³-hybridized carbons (Fsp3) is 0. The van der Waals surface area contributed by atoms with Crippen molar-refractivity contribution in [1.29, 1.82) is 0 Å². The van der Waals surface area contributed by atoms with Crippen molar-refractivity contribution < 1.29 is 9.53 Å². The van der Waals surface area contributed by atoms with E-state index in [9.17, 15) is 4.79 Å². The molecule has 0 saturated heterocycles. The molecule has 13 heavy (non-hydrogen) atoms. The Kier molecular flexibility index (Phi) is 3.80. The van der Waals surface area contributed by atoms with Crippen molar-refractivity contribution in [2.45, 2.75) is 0 Å². The third-order valence-corrected chi connectivity index (χ3v) is 1.41. The quantitative estimate of drug-likeness (QED) is 0.432. The Morgan fingerprint density at radius 1 is 1.23 bits per heavy atom. The molecule has 0 N–H and O–H groups in total. The molecule has 1 aromatic rings. The molecule has 4 heteroatoms. The summed E-state index contributed by atoms with van der Waals surface area (Å²) in [5, 5.41) is 0. The Hall–Kier alpha value is -0.990. The standard InChI is InChI=1S/C9H6Cl2O2/c10-8(11)6-9(12)13-7-4-2-1-3-5-7/h1-6H. The second-order valence-corrected chi connectivity index (χ2v) is 3.18. The predicted octanol–water partition coefficient (Wildman–Crippen LogP) is 2.91. The lowest BCUT2D eigenvalue weighted by atomic mass is 10.3. The molecule has 2 nitrogen and oxygen atoms in total. The van der Waals surface area contributed by atoms with Gasteiger partial charge < -0.3 is 4.74 Å². The van der Waals surface area contributed by atoms with Gasteiger partial charge in [-0.25, -0.2) is 4.79 Å². The first-order valence-corrected chi connectivity index (χ1v) is 4.23. The highest BCUT2D eigenvalue weighted by molar-refractivity contribution is 6.56. The van der Waals surface area contributed by atoms with Gasteiger partial charge in [0.1, 0.15) is 10.2 Å². The van der Waals surface area contributed by atoms with E-state index in [4.69, 9.17) is 27.9 Å².